The number of hydrogen-bond donors (Lipinski definition) is 1. The second-order valence-electron chi connectivity index (χ2n) is 3.19. The van der Waals surface area contributed by atoms with E-state index in [9.17, 15) is 14.7 Å². The Kier molecular flexibility index (Phi) is 2.04. The summed E-state index contributed by atoms with van der Waals surface area (Å²) in [4.78, 5) is 22.3. The van der Waals surface area contributed by atoms with E-state index in [-0.39, 0.29) is 17.1 Å². The van der Waals surface area contributed by atoms with Crippen molar-refractivity contribution < 1.29 is 14.3 Å². The lowest BCUT2D eigenvalue weighted by Crippen LogP contribution is -2.00. The zero-order valence-corrected chi connectivity index (χ0v) is 7.98. The van der Waals surface area contributed by atoms with Crippen LogP contribution in [-0.4, -0.2) is 10.9 Å². The molecule has 2 aromatic rings. The van der Waals surface area contributed by atoms with Gasteiger partial charge in [0.15, 0.2) is 11.4 Å². The number of rotatable bonds is 1. The SMILES string of the molecule is CC(=O)c1cccc2c(O)cc(=O)oc12. The zero-order valence-electron chi connectivity index (χ0n) is 7.98. The molecule has 1 aromatic carbocycles. The summed E-state index contributed by atoms with van der Waals surface area (Å²) in [6.07, 6.45) is 0. The minimum absolute atomic E-state index is 0.134. The molecule has 0 aliphatic heterocycles. The predicted octanol–water partition coefficient (Wildman–Crippen LogP) is 1.70. The molecule has 0 fully saturated rings. The van der Waals surface area contributed by atoms with Gasteiger partial charge in [-0.15, -0.1) is 0 Å². The summed E-state index contributed by atoms with van der Waals surface area (Å²) in [6.45, 7) is 1.37. The molecule has 0 amide bonds. The van der Waals surface area contributed by atoms with E-state index >= 15 is 0 Å². The number of carbonyl (C=O) groups excluding carboxylic acids is 1. The first-order chi connectivity index (χ1) is 7.09. The highest BCUT2D eigenvalue weighted by Crippen LogP contribution is 2.25. The van der Waals surface area contributed by atoms with Crippen molar-refractivity contribution in [1.29, 1.82) is 0 Å². The molecule has 0 atom stereocenters. The quantitative estimate of drug-likeness (QED) is 0.567. The Morgan fingerprint density at radius 1 is 1.40 bits per heavy atom. The molecule has 2 rings (SSSR count). The third-order valence-corrected chi connectivity index (χ3v) is 2.13. The molecule has 1 heterocycles. The minimum Gasteiger partial charge on any atom is -0.507 e. The van der Waals surface area contributed by atoms with Crippen LogP contribution in [0.25, 0.3) is 11.0 Å². The molecule has 0 saturated heterocycles. The Labute approximate surface area is 84.8 Å². The van der Waals surface area contributed by atoms with Gasteiger partial charge in [-0.3, -0.25) is 4.79 Å². The Morgan fingerprint density at radius 3 is 2.80 bits per heavy atom. The Balaban J connectivity index is 2.97. The summed E-state index contributed by atoms with van der Waals surface area (Å²) in [5.74, 6) is -0.390. The third-order valence-electron chi connectivity index (χ3n) is 2.13. The molecular weight excluding hydrogens is 196 g/mol. The number of para-hydroxylation sites is 1. The number of carbonyl (C=O) groups is 1. The summed E-state index contributed by atoms with van der Waals surface area (Å²) in [6, 6.07) is 5.73. The molecule has 0 aliphatic carbocycles. The van der Waals surface area contributed by atoms with Crippen LogP contribution in [0.15, 0.2) is 33.5 Å². The van der Waals surface area contributed by atoms with Gasteiger partial charge in [0.05, 0.1) is 17.0 Å². The first-order valence-corrected chi connectivity index (χ1v) is 4.36. The summed E-state index contributed by atoms with van der Waals surface area (Å²) < 4.78 is 4.90. The van der Waals surface area contributed by atoms with Crippen LogP contribution in [0.2, 0.25) is 0 Å². The summed E-state index contributed by atoms with van der Waals surface area (Å²) in [5, 5.41) is 9.85. The molecule has 0 radical (unpaired) electrons. The van der Waals surface area contributed by atoms with Crippen molar-refractivity contribution in [2.45, 2.75) is 6.92 Å². The van der Waals surface area contributed by atoms with Gasteiger partial charge in [0.2, 0.25) is 0 Å². The monoisotopic (exact) mass is 204 g/mol. The van der Waals surface area contributed by atoms with Crippen molar-refractivity contribution >= 4 is 16.8 Å². The molecule has 76 valence electrons. The van der Waals surface area contributed by atoms with E-state index < -0.39 is 5.63 Å². The van der Waals surface area contributed by atoms with E-state index in [1.165, 1.54) is 6.92 Å². The molecule has 0 spiro atoms. The van der Waals surface area contributed by atoms with Crippen LogP contribution in [0.3, 0.4) is 0 Å². The normalized spacial score (nSPS) is 10.5. The lowest BCUT2D eigenvalue weighted by molar-refractivity contribution is 0.101. The average molecular weight is 204 g/mol. The fraction of sp³-hybridized carbons (Fsp3) is 0.0909. The predicted molar refractivity (Wildman–Crippen MR) is 54.2 cm³/mol. The van der Waals surface area contributed by atoms with Crippen molar-refractivity contribution in [1.82, 2.24) is 0 Å². The topological polar surface area (TPSA) is 67.5 Å². The first-order valence-electron chi connectivity index (χ1n) is 4.36. The molecule has 4 heteroatoms. The Morgan fingerprint density at radius 2 is 2.13 bits per heavy atom. The maximum Gasteiger partial charge on any atom is 0.339 e. The standard InChI is InChI=1S/C11H8O4/c1-6(12)7-3-2-4-8-9(13)5-10(14)15-11(7)8/h2-5,13H,1H3. The van der Waals surface area contributed by atoms with Gasteiger partial charge in [0.1, 0.15) is 5.75 Å². The number of ketones is 1. The molecule has 1 aromatic heterocycles. The maximum atomic E-state index is 11.2. The molecule has 0 bridgehead atoms. The molecule has 0 aliphatic rings. The minimum atomic E-state index is -0.672. The largest absolute Gasteiger partial charge is 0.507 e. The molecule has 0 unspecified atom stereocenters. The van der Waals surface area contributed by atoms with Crippen LogP contribution in [-0.2, 0) is 0 Å². The smallest absolute Gasteiger partial charge is 0.339 e. The van der Waals surface area contributed by atoms with Crippen molar-refractivity contribution in [3.63, 3.8) is 0 Å². The second kappa shape index (κ2) is 3.24. The summed E-state index contributed by atoms with van der Waals surface area (Å²) in [7, 11) is 0. The number of fused-ring (bicyclic) bond motifs is 1. The van der Waals surface area contributed by atoms with E-state index in [2.05, 4.69) is 0 Å². The molecule has 1 N–H and O–H groups in total. The van der Waals surface area contributed by atoms with Crippen molar-refractivity contribution in [2.75, 3.05) is 0 Å². The summed E-state index contributed by atoms with van der Waals surface area (Å²) >= 11 is 0. The van der Waals surface area contributed by atoms with E-state index in [1.54, 1.807) is 18.2 Å². The van der Waals surface area contributed by atoms with Gasteiger partial charge in [-0.05, 0) is 19.1 Å². The van der Waals surface area contributed by atoms with Gasteiger partial charge in [-0.2, -0.15) is 0 Å². The molecule has 4 nitrogen and oxygen atoms in total. The lowest BCUT2D eigenvalue weighted by atomic mass is 10.1. The van der Waals surface area contributed by atoms with Gasteiger partial charge in [-0.1, -0.05) is 6.07 Å². The van der Waals surface area contributed by atoms with E-state index in [1.807, 2.05) is 0 Å². The van der Waals surface area contributed by atoms with Crippen LogP contribution in [0, 0.1) is 0 Å². The average Bonchev–Trinajstić information content (AvgIpc) is 2.16. The van der Waals surface area contributed by atoms with Gasteiger partial charge >= 0.3 is 5.63 Å². The fourth-order valence-electron chi connectivity index (χ4n) is 1.45. The van der Waals surface area contributed by atoms with Crippen LogP contribution in [0.4, 0.5) is 0 Å². The number of hydrogen-bond acceptors (Lipinski definition) is 4. The number of benzene rings is 1. The summed E-state index contributed by atoms with van der Waals surface area (Å²) in [5.41, 5.74) is -0.246. The highest BCUT2D eigenvalue weighted by molar-refractivity contribution is 6.05. The highest BCUT2D eigenvalue weighted by Gasteiger charge is 2.11. The second-order valence-corrected chi connectivity index (χ2v) is 3.19. The van der Waals surface area contributed by atoms with Crippen LogP contribution in [0.5, 0.6) is 5.75 Å². The van der Waals surface area contributed by atoms with Crippen molar-refractivity contribution in [3.8, 4) is 5.75 Å². The van der Waals surface area contributed by atoms with Crippen LogP contribution >= 0.6 is 0 Å². The van der Waals surface area contributed by atoms with Crippen molar-refractivity contribution in [2.24, 2.45) is 0 Å². The van der Waals surface area contributed by atoms with Gasteiger partial charge in [0.25, 0.3) is 0 Å². The number of Topliss-reactive ketones (excluding diaryl/α,β-unsaturated/α-hetero) is 1. The van der Waals surface area contributed by atoms with Crippen LogP contribution < -0.4 is 5.63 Å². The van der Waals surface area contributed by atoms with E-state index in [4.69, 9.17) is 4.42 Å². The first kappa shape index (κ1) is 9.45. The van der Waals surface area contributed by atoms with E-state index in [0.717, 1.165) is 6.07 Å². The fourth-order valence-corrected chi connectivity index (χ4v) is 1.45. The van der Waals surface area contributed by atoms with Crippen molar-refractivity contribution in [3.05, 3.63) is 40.2 Å². The van der Waals surface area contributed by atoms with E-state index in [0.29, 0.717) is 10.9 Å². The maximum absolute atomic E-state index is 11.2. The third kappa shape index (κ3) is 1.50. The zero-order chi connectivity index (χ0) is 11.0. The van der Waals surface area contributed by atoms with Gasteiger partial charge in [0, 0.05) is 0 Å². The molecule has 15 heavy (non-hydrogen) atoms. The number of aromatic hydroxyl groups is 1. The lowest BCUT2D eigenvalue weighted by Gasteiger charge is -2.02. The Bertz CT molecular complexity index is 595. The van der Waals surface area contributed by atoms with Crippen LogP contribution in [0.1, 0.15) is 17.3 Å². The molecule has 0 saturated carbocycles. The Hall–Kier alpha value is -2.10. The van der Waals surface area contributed by atoms with Gasteiger partial charge < -0.3 is 9.52 Å². The highest BCUT2D eigenvalue weighted by atomic mass is 16.4. The van der Waals surface area contributed by atoms with Gasteiger partial charge in [-0.25, -0.2) is 4.79 Å². The molecular formula is C11H8O4.